The third-order valence-electron chi connectivity index (χ3n) is 4.43. The van der Waals surface area contributed by atoms with E-state index < -0.39 is 0 Å². The first-order valence-electron chi connectivity index (χ1n) is 10.5. The summed E-state index contributed by atoms with van der Waals surface area (Å²) in [7, 11) is 0. The van der Waals surface area contributed by atoms with Crippen LogP contribution in [0.4, 0.5) is 8.78 Å². The second-order valence-electron chi connectivity index (χ2n) is 6.90. The van der Waals surface area contributed by atoms with Crippen molar-refractivity contribution >= 4 is 24.2 Å². The quantitative estimate of drug-likeness (QED) is 0.121. The molecule has 4 N–H and O–H groups in total. The van der Waals surface area contributed by atoms with Crippen molar-refractivity contribution in [3.8, 4) is 0 Å². The number of nitrogens with zero attached hydrogens (tertiary/aromatic N) is 6. The molecule has 0 aliphatic carbocycles. The van der Waals surface area contributed by atoms with E-state index >= 15 is 0 Å². The first-order valence-corrected chi connectivity index (χ1v) is 10.5. The van der Waals surface area contributed by atoms with Gasteiger partial charge in [0.05, 0.1) is 23.6 Å². The van der Waals surface area contributed by atoms with Crippen LogP contribution in [-0.4, -0.2) is 44.4 Å². The number of rotatable bonds is 6. The number of aromatic nitrogens is 2. The van der Waals surface area contributed by atoms with E-state index in [1.807, 2.05) is 0 Å². The second kappa shape index (κ2) is 15.4. The van der Waals surface area contributed by atoms with Gasteiger partial charge in [0.25, 0.3) is 0 Å². The smallest absolute Gasteiger partial charge is 0.383 e. The van der Waals surface area contributed by atoms with E-state index in [1.165, 1.54) is 24.6 Å². The molecule has 0 atom stereocenters. The monoisotopic (exact) mass is 546 g/mol. The zero-order chi connectivity index (χ0) is 25.6. The van der Waals surface area contributed by atoms with Crippen molar-refractivity contribution < 1.29 is 35.5 Å². The zero-order valence-corrected chi connectivity index (χ0v) is 20.1. The van der Waals surface area contributed by atoms with Crippen LogP contribution >= 0.6 is 0 Å². The largest absolute Gasteiger partial charge is 0.577 e. The van der Waals surface area contributed by atoms with E-state index in [-0.39, 0.29) is 39.9 Å². The molecule has 2 aromatic heterocycles. The molecule has 190 valence electrons. The standard InChI is InChI=1S/2C13H10FN3O.Ni/c2*14-12-4-2-1-3-11(12)9-16-17-13(18)10-5-7-15-8-6-10;/h2*1-9H,(H,17,18);/p+2/b2*16-9-;. The topological polar surface area (TPSA) is 121 Å². The summed E-state index contributed by atoms with van der Waals surface area (Å²) in [6.45, 7) is 0. The maximum absolute atomic E-state index is 13.2. The van der Waals surface area contributed by atoms with Crippen LogP contribution in [0.25, 0.3) is 0 Å². The molecule has 0 bridgehead atoms. The molecular formula is C26H22F2N6NiO2+2. The van der Waals surface area contributed by atoms with E-state index in [0.29, 0.717) is 22.3 Å². The second-order valence-corrected chi connectivity index (χ2v) is 6.90. The Balaban J connectivity index is 0.000000253. The van der Waals surface area contributed by atoms with E-state index in [0.717, 1.165) is 0 Å². The number of hydrogen-bond donors (Lipinski definition) is 0. The van der Waals surface area contributed by atoms with E-state index in [4.69, 9.17) is 10.2 Å². The summed E-state index contributed by atoms with van der Waals surface area (Å²) >= 11 is 0. The van der Waals surface area contributed by atoms with E-state index in [9.17, 15) is 8.78 Å². The zero-order valence-electron chi connectivity index (χ0n) is 19.1. The third kappa shape index (κ3) is 9.50. The van der Waals surface area contributed by atoms with Gasteiger partial charge in [-0.15, -0.1) is 0 Å². The van der Waals surface area contributed by atoms with Gasteiger partial charge in [0, 0.05) is 52.4 Å². The van der Waals surface area contributed by atoms with Gasteiger partial charge in [-0.1, -0.05) is 46.6 Å². The fourth-order valence-corrected chi connectivity index (χ4v) is 2.59. The van der Waals surface area contributed by atoms with Crippen LogP contribution in [-0.2, 0) is 16.5 Å². The summed E-state index contributed by atoms with van der Waals surface area (Å²) in [6, 6.07) is 19.1. The number of halogens is 2. The van der Waals surface area contributed by atoms with Gasteiger partial charge < -0.3 is 10.2 Å². The third-order valence-corrected chi connectivity index (χ3v) is 4.43. The molecule has 0 saturated carbocycles. The Labute approximate surface area is 221 Å². The number of benzene rings is 2. The van der Waals surface area contributed by atoms with Crippen LogP contribution in [0.2, 0.25) is 0 Å². The maximum Gasteiger partial charge on any atom is 0.383 e. The predicted octanol–water partition coefficient (Wildman–Crippen LogP) is 3.45. The van der Waals surface area contributed by atoms with Gasteiger partial charge in [0.2, 0.25) is 0 Å². The van der Waals surface area contributed by atoms with Crippen molar-refractivity contribution in [3.63, 3.8) is 0 Å². The van der Waals surface area contributed by atoms with Crippen LogP contribution in [0.15, 0.2) is 118 Å². The van der Waals surface area contributed by atoms with Gasteiger partial charge in [-0.2, -0.15) is 10.2 Å². The summed E-state index contributed by atoms with van der Waals surface area (Å²) in [5.74, 6) is -0.728. The van der Waals surface area contributed by atoms with Gasteiger partial charge in [0.15, 0.2) is 0 Å². The minimum Gasteiger partial charge on any atom is -0.577 e. The van der Waals surface area contributed by atoms with Crippen molar-refractivity contribution in [2.45, 2.75) is 0 Å². The Kier molecular flexibility index (Phi) is 11.9. The molecule has 4 aromatic rings. The summed E-state index contributed by atoms with van der Waals surface area (Å²) < 4.78 is 26.5. The van der Waals surface area contributed by atoms with Gasteiger partial charge in [-0.05, 0) is 36.4 Å². The van der Waals surface area contributed by atoms with Crippen LogP contribution in [0.5, 0.6) is 0 Å². The SMILES string of the molecule is [Ni].[OH2+]/C(=N\N=C/c1ccccc1F)c1ccncc1.[OH2+]/C(=N\N=C/c1ccccc1F)c1ccncc1. The molecule has 0 aliphatic rings. The number of hydrogen-bond acceptors (Lipinski definition) is 6. The normalized spacial score (nSPS) is 11.6. The Morgan fingerprint density at radius 3 is 1.30 bits per heavy atom. The summed E-state index contributed by atoms with van der Waals surface area (Å²) in [5, 5.41) is 30.1. The molecule has 0 amide bonds. The Hall–Kier alpha value is -4.63. The molecule has 2 heterocycles. The average molecular weight is 547 g/mol. The molecule has 0 saturated heterocycles. The van der Waals surface area contributed by atoms with Gasteiger partial charge >= 0.3 is 11.8 Å². The molecule has 0 radical (unpaired) electrons. The average Bonchev–Trinajstić information content (AvgIpc) is 2.92. The molecule has 37 heavy (non-hydrogen) atoms. The molecule has 2 aromatic carbocycles. The van der Waals surface area contributed by atoms with Crippen molar-refractivity contribution in [1.29, 1.82) is 0 Å². The van der Waals surface area contributed by atoms with Crippen molar-refractivity contribution in [2.24, 2.45) is 20.4 Å². The Morgan fingerprint density at radius 2 is 0.946 bits per heavy atom. The molecule has 11 heteroatoms. The van der Waals surface area contributed by atoms with Crippen molar-refractivity contribution in [1.82, 2.24) is 9.97 Å². The first-order chi connectivity index (χ1) is 17.5. The van der Waals surface area contributed by atoms with E-state index in [1.54, 1.807) is 85.5 Å². The van der Waals surface area contributed by atoms with Gasteiger partial charge in [-0.25, -0.2) is 8.78 Å². The summed E-state index contributed by atoms with van der Waals surface area (Å²) in [5.41, 5.74) is 1.89. The molecule has 4 rings (SSSR count). The maximum atomic E-state index is 13.2. The van der Waals surface area contributed by atoms with Crippen LogP contribution in [0, 0.1) is 11.6 Å². The summed E-state index contributed by atoms with van der Waals surface area (Å²) in [6.07, 6.45) is 8.84. The number of pyridine rings is 2. The minimum atomic E-state index is -0.369. The van der Waals surface area contributed by atoms with Gasteiger partial charge in [-0.3, -0.25) is 9.97 Å². The molecule has 0 spiro atoms. The molecule has 8 nitrogen and oxygen atoms in total. The molecular weight excluding hydrogens is 525 g/mol. The molecule has 0 aliphatic heterocycles. The van der Waals surface area contributed by atoms with E-state index in [2.05, 4.69) is 30.4 Å². The molecule has 0 fully saturated rings. The van der Waals surface area contributed by atoms with Crippen LogP contribution < -0.4 is 0 Å². The molecule has 0 unspecified atom stereocenters. The Bertz CT molecular complexity index is 1280. The van der Waals surface area contributed by atoms with Crippen molar-refractivity contribution in [2.75, 3.05) is 0 Å². The Morgan fingerprint density at radius 1 is 0.595 bits per heavy atom. The van der Waals surface area contributed by atoms with Gasteiger partial charge in [0.1, 0.15) is 11.6 Å². The fourth-order valence-electron chi connectivity index (χ4n) is 2.59. The fraction of sp³-hybridized carbons (Fsp3) is 0. The van der Waals surface area contributed by atoms with Crippen molar-refractivity contribution in [3.05, 3.63) is 131 Å². The predicted molar refractivity (Wildman–Crippen MR) is 137 cm³/mol. The first kappa shape index (κ1) is 28.6. The summed E-state index contributed by atoms with van der Waals surface area (Å²) in [4.78, 5) is 7.68. The van der Waals surface area contributed by atoms with Crippen LogP contribution in [0.1, 0.15) is 22.3 Å². The van der Waals surface area contributed by atoms with Crippen LogP contribution in [0.3, 0.4) is 0 Å². The minimum absolute atomic E-state index is 0.